The van der Waals surface area contributed by atoms with Crippen molar-refractivity contribution in [3.63, 3.8) is 0 Å². The number of ether oxygens (including phenoxy) is 1. The van der Waals surface area contributed by atoms with Crippen molar-refractivity contribution in [2.24, 2.45) is 5.73 Å². The lowest BCUT2D eigenvalue weighted by molar-refractivity contribution is 0.0793. The molecular formula is C28H28ClN5O2. The molecule has 3 N–H and O–H groups in total. The zero-order valence-corrected chi connectivity index (χ0v) is 20.7. The number of carbonyl (C=O) groups excluding carboxylic acids is 1. The number of aromatic nitrogens is 2. The van der Waals surface area contributed by atoms with Gasteiger partial charge in [0.25, 0.3) is 5.91 Å². The number of amides is 1. The number of hydrogen-bond donors (Lipinski definition) is 2. The average molecular weight is 502 g/mol. The van der Waals surface area contributed by atoms with Crippen molar-refractivity contribution in [1.82, 2.24) is 14.9 Å². The fourth-order valence-electron chi connectivity index (χ4n) is 4.42. The molecule has 0 aliphatic carbocycles. The van der Waals surface area contributed by atoms with Gasteiger partial charge in [0.15, 0.2) is 0 Å². The molecule has 1 aliphatic heterocycles. The van der Waals surface area contributed by atoms with E-state index in [2.05, 4.69) is 15.3 Å². The Morgan fingerprint density at radius 2 is 1.83 bits per heavy atom. The molecule has 0 atom stereocenters. The molecular weight excluding hydrogens is 474 g/mol. The fourth-order valence-corrected chi connectivity index (χ4v) is 4.67. The number of carbonyl (C=O) groups is 1. The van der Waals surface area contributed by atoms with Gasteiger partial charge in [-0.25, -0.2) is 9.97 Å². The lowest BCUT2D eigenvalue weighted by Gasteiger charge is -2.17. The molecule has 0 saturated carbocycles. The van der Waals surface area contributed by atoms with Gasteiger partial charge in [0.1, 0.15) is 24.5 Å². The highest BCUT2D eigenvalue weighted by molar-refractivity contribution is 6.34. The SMILES string of the molecule is NCc1ccc(OCc2ccccc2)c(CNc2ncnc3cc(C(=O)N4CCCC4)c(Cl)cc23)c1. The minimum atomic E-state index is -0.0497. The third-order valence-corrected chi connectivity index (χ3v) is 6.70. The Labute approximate surface area is 215 Å². The Balaban J connectivity index is 1.38. The molecule has 8 heteroatoms. The fraction of sp³-hybridized carbons (Fsp3) is 0.250. The van der Waals surface area contributed by atoms with Crippen molar-refractivity contribution in [3.05, 3.63) is 94.3 Å². The molecule has 0 unspecified atom stereocenters. The second-order valence-electron chi connectivity index (χ2n) is 8.84. The second kappa shape index (κ2) is 10.9. The maximum atomic E-state index is 12.9. The van der Waals surface area contributed by atoms with Crippen LogP contribution in [0.2, 0.25) is 5.02 Å². The molecule has 184 valence electrons. The molecule has 1 saturated heterocycles. The van der Waals surface area contributed by atoms with Crippen LogP contribution in [0.3, 0.4) is 0 Å². The number of nitrogens with one attached hydrogen (secondary N) is 1. The van der Waals surface area contributed by atoms with Crippen LogP contribution in [0.5, 0.6) is 5.75 Å². The number of anilines is 1. The topological polar surface area (TPSA) is 93.4 Å². The van der Waals surface area contributed by atoms with E-state index in [1.807, 2.05) is 53.4 Å². The van der Waals surface area contributed by atoms with Crippen molar-refractivity contribution < 1.29 is 9.53 Å². The summed E-state index contributed by atoms with van der Waals surface area (Å²) in [4.78, 5) is 23.6. The van der Waals surface area contributed by atoms with E-state index in [4.69, 9.17) is 22.1 Å². The van der Waals surface area contributed by atoms with Gasteiger partial charge in [-0.3, -0.25) is 4.79 Å². The second-order valence-corrected chi connectivity index (χ2v) is 9.25. The summed E-state index contributed by atoms with van der Waals surface area (Å²) in [5, 5.41) is 4.55. The molecule has 0 spiro atoms. The lowest BCUT2D eigenvalue weighted by atomic mass is 10.1. The minimum absolute atomic E-state index is 0.0497. The van der Waals surface area contributed by atoms with Gasteiger partial charge >= 0.3 is 0 Å². The highest BCUT2D eigenvalue weighted by atomic mass is 35.5. The minimum Gasteiger partial charge on any atom is -0.489 e. The molecule has 5 rings (SSSR count). The van der Waals surface area contributed by atoms with Crippen LogP contribution in [0, 0.1) is 0 Å². The van der Waals surface area contributed by atoms with Crippen LogP contribution < -0.4 is 15.8 Å². The smallest absolute Gasteiger partial charge is 0.255 e. The maximum Gasteiger partial charge on any atom is 0.255 e. The predicted molar refractivity (Wildman–Crippen MR) is 142 cm³/mol. The Kier molecular flexibility index (Phi) is 7.30. The summed E-state index contributed by atoms with van der Waals surface area (Å²) < 4.78 is 6.13. The van der Waals surface area contributed by atoms with Crippen LogP contribution in [-0.4, -0.2) is 33.9 Å². The summed E-state index contributed by atoms with van der Waals surface area (Å²) in [6.45, 7) is 2.90. The molecule has 7 nitrogen and oxygen atoms in total. The number of benzene rings is 3. The number of nitrogens with two attached hydrogens (primary N) is 1. The van der Waals surface area contributed by atoms with Gasteiger partial charge in [-0.2, -0.15) is 0 Å². The summed E-state index contributed by atoms with van der Waals surface area (Å²) in [5.74, 6) is 1.36. The van der Waals surface area contributed by atoms with E-state index >= 15 is 0 Å². The zero-order valence-electron chi connectivity index (χ0n) is 19.9. The first kappa shape index (κ1) is 24.0. The molecule has 1 aromatic heterocycles. The summed E-state index contributed by atoms with van der Waals surface area (Å²) in [5.41, 5.74) is 10.1. The Bertz CT molecular complexity index is 1370. The number of nitrogens with zero attached hydrogens (tertiary/aromatic N) is 3. The van der Waals surface area contributed by atoms with Crippen molar-refractivity contribution in [2.75, 3.05) is 18.4 Å². The molecule has 1 amide bonds. The number of likely N-dealkylation sites (tertiary alicyclic amines) is 1. The zero-order chi connectivity index (χ0) is 24.9. The van der Waals surface area contributed by atoms with Crippen molar-refractivity contribution in [1.29, 1.82) is 0 Å². The quantitative estimate of drug-likeness (QED) is 0.346. The van der Waals surface area contributed by atoms with Gasteiger partial charge in [-0.05, 0) is 48.2 Å². The van der Waals surface area contributed by atoms with Crippen LogP contribution in [0.4, 0.5) is 5.82 Å². The summed E-state index contributed by atoms with van der Waals surface area (Å²) in [6.07, 6.45) is 3.54. The molecule has 2 heterocycles. The Morgan fingerprint density at radius 1 is 1.03 bits per heavy atom. The van der Waals surface area contributed by atoms with E-state index in [0.717, 1.165) is 53.8 Å². The number of halogens is 1. The van der Waals surface area contributed by atoms with E-state index in [9.17, 15) is 4.79 Å². The van der Waals surface area contributed by atoms with Crippen LogP contribution in [0.15, 0.2) is 67.0 Å². The Morgan fingerprint density at radius 3 is 2.61 bits per heavy atom. The van der Waals surface area contributed by atoms with Crippen molar-refractivity contribution in [3.8, 4) is 5.75 Å². The normalized spacial score (nSPS) is 13.2. The number of fused-ring (bicyclic) bond motifs is 1. The molecule has 3 aromatic carbocycles. The first-order valence-corrected chi connectivity index (χ1v) is 12.5. The highest BCUT2D eigenvalue weighted by Crippen LogP contribution is 2.30. The van der Waals surface area contributed by atoms with E-state index in [1.54, 1.807) is 12.1 Å². The number of hydrogen-bond acceptors (Lipinski definition) is 6. The van der Waals surface area contributed by atoms with Crippen LogP contribution in [0.1, 0.15) is 39.9 Å². The first-order chi connectivity index (χ1) is 17.6. The third-order valence-electron chi connectivity index (χ3n) is 6.39. The van der Waals surface area contributed by atoms with Crippen LogP contribution in [-0.2, 0) is 19.7 Å². The average Bonchev–Trinajstić information content (AvgIpc) is 3.46. The molecule has 4 aromatic rings. The van der Waals surface area contributed by atoms with Crippen LogP contribution >= 0.6 is 11.6 Å². The van der Waals surface area contributed by atoms with E-state index in [0.29, 0.717) is 41.6 Å². The third kappa shape index (κ3) is 5.27. The largest absolute Gasteiger partial charge is 0.489 e. The van der Waals surface area contributed by atoms with Gasteiger partial charge in [-0.1, -0.05) is 48.0 Å². The predicted octanol–water partition coefficient (Wildman–Crippen LogP) is 5.17. The molecule has 36 heavy (non-hydrogen) atoms. The molecule has 1 aliphatic rings. The summed E-state index contributed by atoms with van der Waals surface area (Å²) >= 11 is 6.57. The van der Waals surface area contributed by atoms with E-state index in [-0.39, 0.29) is 5.91 Å². The lowest BCUT2D eigenvalue weighted by Crippen LogP contribution is -2.27. The first-order valence-electron chi connectivity index (χ1n) is 12.1. The standard InChI is InChI=1S/C28H28ClN5O2/c29-24-13-23-25(14-22(24)28(35)34-10-4-5-11-34)32-18-33-27(23)31-16-21-12-20(15-30)8-9-26(21)36-17-19-6-2-1-3-7-19/h1-3,6-9,12-14,18H,4-5,10-11,15-17,30H2,(H,31,32,33). The van der Waals surface area contributed by atoms with Gasteiger partial charge in [0.2, 0.25) is 0 Å². The van der Waals surface area contributed by atoms with Crippen molar-refractivity contribution >= 4 is 34.2 Å². The van der Waals surface area contributed by atoms with E-state index < -0.39 is 0 Å². The Hall–Kier alpha value is -3.68. The maximum absolute atomic E-state index is 12.9. The highest BCUT2D eigenvalue weighted by Gasteiger charge is 2.22. The van der Waals surface area contributed by atoms with Crippen LogP contribution in [0.25, 0.3) is 10.9 Å². The monoisotopic (exact) mass is 501 g/mol. The van der Waals surface area contributed by atoms with Gasteiger partial charge in [-0.15, -0.1) is 0 Å². The summed E-state index contributed by atoms with van der Waals surface area (Å²) in [6, 6.07) is 19.5. The van der Waals surface area contributed by atoms with Gasteiger partial charge in [0.05, 0.1) is 16.1 Å². The molecule has 1 fully saturated rings. The molecule has 0 radical (unpaired) electrons. The van der Waals surface area contributed by atoms with Crippen molar-refractivity contribution in [2.45, 2.75) is 32.5 Å². The van der Waals surface area contributed by atoms with E-state index in [1.165, 1.54) is 6.33 Å². The van der Waals surface area contributed by atoms with Gasteiger partial charge in [0, 0.05) is 37.1 Å². The van der Waals surface area contributed by atoms with Gasteiger partial charge < -0.3 is 20.7 Å². The summed E-state index contributed by atoms with van der Waals surface area (Å²) in [7, 11) is 0. The molecule has 0 bridgehead atoms. The number of rotatable bonds is 8.